The van der Waals surface area contributed by atoms with Gasteiger partial charge in [0.25, 0.3) is 0 Å². The lowest BCUT2D eigenvalue weighted by molar-refractivity contribution is -0.137. The van der Waals surface area contributed by atoms with E-state index in [2.05, 4.69) is 22.4 Å². The fourth-order valence-electron chi connectivity index (χ4n) is 2.80. The van der Waals surface area contributed by atoms with Crippen LogP contribution < -0.4 is 11.1 Å². The average molecular weight is 328 g/mol. The van der Waals surface area contributed by atoms with Crippen molar-refractivity contribution in [3.05, 3.63) is 18.3 Å². The highest BCUT2D eigenvalue weighted by molar-refractivity contribution is 5.86. The molecule has 1 aromatic rings. The van der Waals surface area contributed by atoms with Crippen molar-refractivity contribution in [3.63, 3.8) is 0 Å². The van der Waals surface area contributed by atoms with Crippen LogP contribution in [-0.4, -0.2) is 45.7 Å². The molecule has 1 amide bonds. The Morgan fingerprint density at radius 3 is 2.73 bits per heavy atom. The highest BCUT2D eigenvalue weighted by atomic mass is 35.5. The molecule has 0 radical (unpaired) electrons. The van der Waals surface area contributed by atoms with Gasteiger partial charge in [0.05, 0.1) is 5.54 Å². The lowest BCUT2D eigenvalue weighted by Crippen LogP contribution is -2.55. The van der Waals surface area contributed by atoms with E-state index in [4.69, 9.17) is 5.73 Å². The summed E-state index contributed by atoms with van der Waals surface area (Å²) in [6.07, 6.45) is 5.12. The Morgan fingerprint density at radius 2 is 2.18 bits per heavy atom. The number of nitrogens with one attached hydrogen (secondary N) is 1. The minimum Gasteiger partial charge on any atom is -0.366 e. The lowest BCUT2D eigenvalue weighted by Gasteiger charge is -2.37. The van der Waals surface area contributed by atoms with Crippen LogP contribution >= 0.6 is 12.4 Å². The topological polar surface area (TPSA) is 84.1 Å². The van der Waals surface area contributed by atoms with Gasteiger partial charge in [0.2, 0.25) is 5.91 Å². The molecular weight excluding hydrogens is 302 g/mol. The molecule has 0 saturated carbocycles. The van der Waals surface area contributed by atoms with Gasteiger partial charge in [-0.3, -0.25) is 4.79 Å². The van der Waals surface area contributed by atoms with E-state index in [-0.39, 0.29) is 18.3 Å². The number of piperidine rings is 1. The van der Waals surface area contributed by atoms with Crippen LogP contribution in [0.15, 0.2) is 18.3 Å². The molecule has 1 aliphatic rings. The van der Waals surface area contributed by atoms with Gasteiger partial charge in [0, 0.05) is 25.3 Å². The number of amides is 1. The molecule has 124 valence electrons. The monoisotopic (exact) mass is 327 g/mol. The summed E-state index contributed by atoms with van der Waals surface area (Å²) in [4.78, 5) is 14.3. The first-order valence-corrected chi connectivity index (χ1v) is 7.65. The Kier molecular flexibility index (Phi) is 7.03. The van der Waals surface area contributed by atoms with E-state index in [0.717, 1.165) is 44.6 Å². The number of nitrogens with zero attached hydrogens (tertiary/aromatic N) is 3. The summed E-state index contributed by atoms with van der Waals surface area (Å²) in [6, 6.07) is 4.10. The number of aromatic nitrogens is 2. The van der Waals surface area contributed by atoms with E-state index < -0.39 is 5.54 Å². The van der Waals surface area contributed by atoms with Crippen LogP contribution in [0.25, 0.3) is 0 Å². The van der Waals surface area contributed by atoms with Crippen LogP contribution in [0.4, 0.5) is 5.82 Å². The summed E-state index contributed by atoms with van der Waals surface area (Å²) in [5, 5.41) is 11.2. The summed E-state index contributed by atoms with van der Waals surface area (Å²) < 4.78 is 0. The van der Waals surface area contributed by atoms with E-state index in [1.54, 1.807) is 6.20 Å². The second-order valence-corrected chi connectivity index (χ2v) is 5.99. The number of hydrogen-bond acceptors (Lipinski definition) is 5. The quantitative estimate of drug-likeness (QED) is 0.861. The van der Waals surface area contributed by atoms with Crippen LogP contribution in [0.1, 0.15) is 39.5 Å². The molecule has 1 atom stereocenters. The van der Waals surface area contributed by atoms with E-state index in [0.29, 0.717) is 6.04 Å². The van der Waals surface area contributed by atoms with Crippen molar-refractivity contribution < 1.29 is 4.79 Å². The third kappa shape index (κ3) is 4.81. The molecule has 3 N–H and O–H groups in total. The molecule has 2 heterocycles. The van der Waals surface area contributed by atoms with Gasteiger partial charge < -0.3 is 16.0 Å². The molecule has 0 spiro atoms. The van der Waals surface area contributed by atoms with Crippen LogP contribution in [0.2, 0.25) is 0 Å². The van der Waals surface area contributed by atoms with Crippen LogP contribution in [0, 0.1) is 0 Å². The maximum absolute atomic E-state index is 12.4. The zero-order valence-electron chi connectivity index (χ0n) is 13.3. The molecule has 0 aromatic carbocycles. The first kappa shape index (κ1) is 18.6. The molecule has 2 rings (SSSR count). The van der Waals surface area contributed by atoms with E-state index in [1.165, 1.54) is 0 Å². The number of carbonyl (C=O) groups is 1. The fourth-order valence-corrected chi connectivity index (χ4v) is 2.80. The van der Waals surface area contributed by atoms with E-state index in [9.17, 15) is 4.79 Å². The van der Waals surface area contributed by atoms with Gasteiger partial charge in [-0.1, -0.05) is 13.3 Å². The maximum Gasteiger partial charge on any atom is 0.242 e. The highest BCUT2D eigenvalue weighted by Crippen LogP contribution is 2.19. The molecule has 1 unspecified atom stereocenters. The Morgan fingerprint density at radius 1 is 1.50 bits per heavy atom. The molecule has 1 saturated heterocycles. The molecular formula is C15H26ClN5O. The molecule has 1 aromatic heterocycles. The van der Waals surface area contributed by atoms with Crippen molar-refractivity contribution in [2.45, 2.75) is 51.1 Å². The number of likely N-dealkylation sites (tertiary alicyclic amines) is 1. The van der Waals surface area contributed by atoms with Gasteiger partial charge in [-0.25, -0.2) is 0 Å². The molecule has 1 fully saturated rings. The predicted octanol–water partition coefficient (Wildman–Crippen LogP) is 1.82. The Hall–Kier alpha value is -1.40. The summed E-state index contributed by atoms with van der Waals surface area (Å²) in [6.45, 7) is 5.37. The standard InChI is InChI=1S/C15H25N5O.ClH/c1-3-8-15(2,16)14(21)20-10-6-12(7-11-20)18-13-5-4-9-17-19-13;/h4-5,9,12H,3,6-8,10-11,16H2,1-2H3,(H,18,19);1H. The lowest BCUT2D eigenvalue weighted by atomic mass is 9.94. The van der Waals surface area contributed by atoms with E-state index >= 15 is 0 Å². The van der Waals surface area contributed by atoms with Gasteiger partial charge in [-0.05, 0) is 38.3 Å². The Balaban J connectivity index is 0.00000242. The summed E-state index contributed by atoms with van der Waals surface area (Å²) >= 11 is 0. The number of hydrogen-bond donors (Lipinski definition) is 2. The largest absolute Gasteiger partial charge is 0.366 e. The van der Waals surface area contributed by atoms with Crippen molar-refractivity contribution in [1.82, 2.24) is 15.1 Å². The third-order valence-electron chi connectivity index (χ3n) is 3.96. The fraction of sp³-hybridized carbons (Fsp3) is 0.667. The molecule has 22 heavy (non-hydrogen) atoms. The predicted molar refractivity (Wildman–Crippen MR) is 90.0 cm³/mol. The molecule has 1 aliphatic heterocycles. The van der Waals surface area contributed by atoms with Crippen LogP contribution in [-0.2, 0) is 4.79 Å². The Labute approximate surface area is 138 Å². The summed E-state index contributed by atoms with van der Waals surface area (Å²) in [7, 11) is 0. The van der Waals surface area contributed by atoms with Gasteiger partial charge in [-0.15, -0.1) is 17.5 Å². The second kappa shape index (κ2) is 8.29. The molecule has 0 bridgehead atoms. The number of rotatable bonds is 5. The molecule has 7 heteroatoms. The maximum atomic E-state index is 12.4. The first-order chi connectivity index (χ1) is 10.0. The molecule has 6 nitrogen and oxygen atoms in total. The minimum absolute atomic E-state index is 0. The highest BCUT2D eigenvalue weighted by Gasteiger charge is 2.33. The molecule has 0 aliphatic carbocycles. The number of carbonyl (C=O) groups excluding carboxylic acids is 1. The zero-order chi connectivity index (χ0) is 15.3. The SMILES string of the molecule is CCCC(C)(N)C(=O)N1CCC(Nc2cccnn2)CC1.Cl. The van der Waals surface area contributed by atoms with Gasteiger partial charge in [-0.2, -0.15) is 5.10 Å². The summed E-state index contributed by atoms with van der Waals surface area (Å²) in [5.74, 6) is 0.860. The van der Waals surface area contributed by atoms with Crippen molar-refractivity contribution in [1.29, 1.82) is 0 Å². The van der Waals surface area contributed by atoms with Crippen molar-refractivity contribution in [2.75, 3.05) is 18.4 Å². The second-order valence-electron chi connectivity index (χ2n) is 5.99. The van der Waals surface area contributed by atoms with Crippen LogP contribution in [0.5, 0.6) is 0 Å². The van der Waals surface area contributed by atoms with Gasteiger partial charge in [0.1, 0.15) is 5.82 Å². The first-order valence-electron chi connectivity index (χ1n) is 7.65. The minimum atomic E-state index is -0.736. The zero-order valence-corrected chi connectivity index (χ0v) is 14.1. The van der Waals surface area contributed by atoms with Gasteiger partial charge in [0.15, 0.2) is 0 Å². The Bertz CT molecular complexity index is 460. The number of halogens is 1. The van der Waals surface area contributed by atoms with Crippen molar-refractivity contribution in [2.24, 2.45) is 5.73 Å². The van der Waals surface area contributed by atoms with Crippen LogP contribution in [0.3, 0.4) is 0 Å². The summed E-state index contributed by atoms with van der Waals surface area (Å²) in [5.41, 5.74) is 5.40. The third-order valence-corrected chi connectivity index (χ3v) is 3.96. The number of nitrogens with two attached hydrogens (primary N) is 1. The average Bonchev–Trinajstić information content (AvgIpc) is 2.48. The smallest absolute Gasteiger partial charge is 0.242 e. The van der Waals surface area contributed by atoms with Crippen molar-refractivity contribution in [3.8, 4) is 0 Å². The van der Waals surface area contributed by atoms with Gasteiger partial charge >= 0.3 is 0 Å². The number of anilines is 1. The normalized spacial score (nSPS) is 18.2. The van der Waals surface area contributed by atoms with E-state index in [1.807, 2.05) is 24.0 Å². The van der Waals surface area contributed by atoms with Crippen molar-refractivity contribution >= 4 is 24.1 Å².